The lowest BCUT2D eigenvalue weighted by molar-refractivity contribution is -0.386. The molecule has 0 aliphatic rings. The summed E-state index contributed by atoms with van der Waals surface area (Å²) < 4.78 is 18.8. The molecule has 0 aromatic heterocycles. The minimum absolute atomic E-state index is 0.00819. The number of benzene rings is 2. The topological polar surface area (TPSA) is 72.6 Å². The maximum Gasteiger partial charge on any atom is 0.312 e. The van der Waals surface area contributed by atoms with Crippen molar-refractivity contribution in [2.45, 2.75) is 13.2 Å². The van der Waals surface area contributed by atoms with E-state index in [1.807, 2.05) is 0 Å². The van der Waals surface area contributed by atoms with E-state index in [0.717, 1.165) is 23.3 Å². The third-order valence-corrected chi connectivity index (χ3v) is 3.41. The van der Waals surface area contributed by atoms with Crippen molar-refractivity contribution in [3.63, 3.8) is 0 Å². The predicted molar refractivity (Wildman–Crippen MR) is 77.5 cm³/mol. The Morgan fingerprint density at radius 1 is 1.24 bits per heavy atom. The Bertz CT molecular complexity index is 661. The molecule has 110 valence electrons. The van der Waals surface area contributed by atoms with Gasteiger partial charge >= 0.3 is 5.69 Å². The normalized spacial score (nSPS) is 10.4. The fraction of sp³-hybridized carbons (Fsp3) is 0.143. The number of hydrogen-bond donors (Lipinski definition) is 1. The monoisotopic (exact) mass is 355 g/mol. The van der Waals surface area contributed by atoms with Crippen LogP contribution in [0.5, 0.6) is 5.75 Å². The lowest BCUT2D eigenvalue weighted by Gasteiger charge is -2.08. The van der Waals surface area contributed by atoms with Crippen LogP contribution in [0.3, 0.4) is 0 Å². The van der Waals surface area contributed by atoms with Crippen LogP contribution in [-0.4, -0.2) is 10.0 Å². The van der Waals surface area contributed by atoms with Crippen LogP contribution in [0.4, 0.5) is 10.1 Å². The zero-order chi connectivity index (χ0) is 15.4. The van der Waals surface area contributed by atoms with Gasteiger partial charge in [-0.3, -0.25) is 10.1 Å². The van der Waals surface area contributed by atoms with Gasteiger partial charge in [0.15, 0.2) is 5.75 Å². The number of aliphatic hydroxyl groups excluding tert-OH is 1. The number of ether oxygens (including phenoxy) is 1. The molecule has 0 amide bonds. The Morgan fingerprint density at radius 3 is 2.43 bits per heavy atom. The number of aliphatic hydroxyl groups is 1. The summed E-state index contributed by atoms with van der Waals surface area (Å²) >= 11 is 2.90. The second kappa shape index (κ2) is 6.64. The van der Waals surface area contributed by atoms with Gasteiger partial charge in [0.05, 0.1) is 16.0 Å². The van der Waals surface area contributed by atoms with E-state index in [1.165, 1.54) is 0 Å². The maximum atomic E-state index is 13.5. The highest BCUT2D eigenvalue weighted by Crippen LogP contribution is 2.33. The molecule has 0 heterocycles. The average molecular weight is 356 g/mol. The quantitative estimate of drug-likeness (QED) is 0.657. The number of rotatable bonds is 5. The van der Waals surface area contributed by atoms with E-state index in [-0.39, 0.29) is 29.1 Å². The van der Waals surface area contributed by atoms with Crippen LogP contribution in [0.1, 0.15) is 11.1 Å². The van der Waals surface area contributed by atoms with Crippen molar-refractivity contribution in [2.75, 3.05) is 0 Å². The molecule has 0 aliphatic heterocycles. The fourth-order valence-electron chi connectivity index (χ4n) is 1.68. The summed E-state index contributed by atoms with van der Waals surface area (Å²) in [5, 5.41) is 19.9. The zero-order valence-electron chi connectivity index (χ0n) is 10.8. The van der Waals surface area contributed by atoms with Gasteiger partial charge in [0.1, 0.15) is 12.4 Å². The molecular formula is C14H11BrFNO4. The molecule has 7 heteroatoms. The minimum Gasteiger partial charge on any atom is -0.482 e. The molecule has 0 spiro atoms. The largest absolute Gasteiger partial charge is 0.482 e. The van der Waals surface area contributed by atoms with Crippen molar-refractivity contribution >= 4 is 21.6 Å². The van der Waals surface area contributed by atoms with Crippen LogP contribution < -0.4 is 4.74 Å². The molecule has 0 radical (unpaired) electrons. The lowest BCUT2D eigenvalue weighted by Crippen LogP contribution is -2.00. The molecule has 0 fully saturated rings. The molecule has 0 atom stereocenters. The molecule has 21 heavy (non-hydrogen) atoms. The molecule has 0 bridgehead atoms. The Kier molecular flexibility index (Phi) is 4.87. The van der Waals surface area contributed by atoms with E-state index in [2.05, 4.69) is 15.9 Å². The molecule has 0 aliphatic carbocycles. The number of halogens is 2. The van der Waals surface area contributed by atoms with Gasteiger partial charge < -0.3 is 9.84 Å². The van der Waals surface area contributed by atoms with Crippen LogP contribution >= 0.6 is 15.9 Å². The summed E-state index contributed by atoms with van der Waals surface area (Å²) in [5.74, 6) is -0.766. The third-order valence-electron chi connectivity index (χ3n) is 2.80. The first kappa shape index (κ1) is 15.4. The first-order chi connectivity index (χ1) is 10.0. The van der Waals surface area contributed by atoms with E-state index in [1.54, 1.807) is 24.3 Å². The second-order valence-corrected chi connectivity index (χ2v) is 5.11. The van der Waals surface area contributed by atoms with Crippen molar-refractivity contribution in [3.05, 3.63) is 67.9 Å². The van der Waals surface area contributed by atoms with E-state index in [0.29, 0.717) is 0 Å². The molecular weight excluding hydrogens is 345 g/mol. The number of nitrogens with zero attached hydrogens (tertiary/aromatic N) is 1. The molecule has 2 aromatic rings. The summed E-state index contributed by atoms with van der Waals surface area (Å²) in [6.07, 6.45) is 0. The Hall–Kier alpha value is -1.99. The predicted octanol–water partition coefficient (Wildman–Crippen LogP) is 3.57. The van der Waals surface area contributed by atoms with Gasteiger partial charge in [-0.2, -0.15) is 0 Å². The average Bonchev–Trinajstić information content (AvgIpc) is 2.48. The fourth-order valence-corrected chi connectivity index (χ4v) is 2.01. The number of hydrogen-bond acceptors (Lipinski definition) is 4. The summed E-state index contributed by atoms with van der Waals surface area (Å²) in [4.78, 5) is 10.3. The van der Waals surface area contributed by atoms with Crippen molar-refractivity contribution in [1.82, 2.24) is 0 Å². The highest BCUT2D eigenvalue weighted by Gasteiger charge is 2.19. The van der Waals surface area contributed by atoms with E-state index in [9.17, 15) is 14.5 Å². The van der Waals surface area contributed by atoms with Gasteiger partial charge in [0.25, 0.3) is 0 Å². The second-order valence-electron chi connectivity index (χ2n) is 4.25. The summed E-state index contributed by atoms with van der Waals surface area (Å²) in [7, 11) is 0. The molecule has 0 saturated heterocycles. The molecule has 5 nitrogen and oxygen atoms in total. The molecule has 0 unspecified atom stereocenters. The minimum atomic E-state index is -0.633. The van der Waals surface area contributed by atoms with E-state index in [4.69, 9.17) is 9.84 Å². The first-order valence-electron chi connectivity index (χ1n) is 5.96. The summed E-state index contributed by atoms with van der Waals surface area (Å²) in [6.45, 7) is -0.00183. The van der Waals surface area contributed by atoms with Gasteiger partial charge in [-0.15, -0.1) is 0 Å². The third kappa shape index (κ3) is 3.77. The highest BCUT2D eigenvalue weighted by molar-refractivity contribution is 9.10. The van der Waals surface area contributed by atoms with Crippen molar-refractivity contribution < 1.29 is 19.2 Å². The van der Waals surface area contributed by atoms with Crippen LogP contribution in [0, 0.1) is 15.9 Å². The Balaban J connectivity index is 2.18. The van der Waals surface area contributed by atoms with Gasteiger partial charge in [0, 0.05) is 12.1 Å². The Morgan fingerprint density at radius 2 is 1.86 bits per heavy atom. The van der Waals surface area contributed by atoms with E-state index < -0.39 is 10.7 Å². The van der Waals surface area contributed by atoms with E-state index >= 15 is 0 Å². The number of nitro groups is 1. The molecule has 1 N–H and O–H groups in total. The van der Waals surface area contributed by atoms with Crippen molar-refractivity contribution in [3.8, 4) is 5.75 Å². The summed E-state index contributed by atoms with van der Waals surface area (Å²) in [5.41, 5.74) is 1.19. The molecule has 2 rings (SSSR count). The van der Waals surface area contributed by atoms with Crippen LogP contribution in [0.25, 0.3) is 0 Å². The summed E-state index contributed by atoms with van der Waals surface area (Å²) in [6, 6.07) is 8.94. The van der Waals surface area contributed by atoms with Gasteiger partial charge in [0.2, 0.25) is 0 Å². The highest BCUT2D eigenvalue weighted by atomic mass is 79.9. The number of nitro benzene ring substituents is 1. The standard InChI is InChI=1S/C14H11BrFNO4/c15-11-5-13(17(19)20)14(6-12(11)16)21-8-10-3-1-9(7-18)2-4-10/h1-6,18H,7-8H2. The molecule has 2 aromatic carbocycles. The van der Waals surface area contributed by atoms with Crippen LogP contribution in [0.15, 0.2) is 40.9 Å². The first-order valence-corrected chi connectivity index (χ1v) is 6.75. The zero-order valence-corrected chi connectivity index (χ0v) is 12.3. The van der Waals surface area contributed by atoms with Gasteiger partial charge in [-0.25, -0.2) is 4.39 Å². The van der Waals surface area contributed by atoms with Gasteiger partial charge in [-0.1, -0.05) is 24.3 Å². The maximum absolute atomic E-state index is 13.5. The lowest BCUT2D eigenvalue weighted by atomic mass is 10.1. The smallest absolute Gasteiger partial charge is 0.312 e. The Labute approximate surface area is 128 Å². The van der Waals surface area contributed by atoms with Crippen molar-refractivity contribution in [2.24, 2.45) is 0 Å². The van der Waals surface area contributed by atoms with Gasteiger partial charge in [-0.05, 0) is 27.1 Å². The SMILES string of the molecule is O=[N+]([O-])c1cc(Br)c(F)cc1OCc1ccc(CO)cc1. The van der Waals surface area contributed by atoms with Crippen LogP contribution in [0.2, 0.25) is 0 Å². The van der Waals surface area contributed by atoms with Crippen LogP contribution in [-0.2, 0) is 13.2 Å². The molecule has 0 saturated carbocycles. The van der Waals surface area contributed by atoms with Crippen molar-refractivity contribution in [1.29, 1.82) is 0 Å².